The first-order chi connectivity index (χ1) is 14.2. The minimum absolute atomic E-state index is 0.0960. The highest BCUT2D eigenvalue weighted by molar-refractivity contribution is 7.09. The number of likely N-dealkylation sites (N-methyl/N-ethyl adjacent to an activating group) is 1. The molecule has 30 heavy (non-hydrogen) atoms. The smallest absolute Gasteiger partial charge is 0.319 e. The van der Waals surface area contributed by atoms with Gasteiger partial charge in [-0.3, -0.25) is 4.79 Å². The van der Waals surface area contributed by atoms with Gasteiger partial charge in [-0.15, -0.1) is 11.3 Å². The van der Waals surface area contributed by atoms with Gasteiger partial charge >= 0.3 is 6.03 Å². The number of carbonyl (C=O) groups excluding carboxylic acids is 2. The van der Waals surface area contributed by atoms with Crippen LogP contribution in [-0.2, 0) is 16.9 Å². The largest absolute Gasteiger partial charge is 0.342 e. The van der Waals surface area contributed by atoms with Crippen molar-refractivity contribution in [2.75, 3.05) is 18.4 Å². The number of nitrogens with one attached hydrogen (secondary N) is 2. The predicted octanol–water partition coefficient (Wildman–Crippen LogP) is 4.33. The van der Waals surface area contributed by atoms with E-state index in [1.165, 1.54) is 11.3 Å². The number of amides is 3. The zero-order valence-corrected chi connectivity index (χ0v) is 19.0. The molecule has 0 saturated carbocycles. The topological polar surface area (TPSA) is 79.3 Å². The number of benzene rings is 1. The van der Waals surface area contributed by atoms with Crippen molar-refractivity contribution in [2.24, 2.45) is 0 Å². The van der Waals surface area contributed by atoms with Crippen molar-refractivity contribution in [2.45, 2.75) is 46.7 Å². The van der Waals surface area contributed by atoms with Gasteiger partial charge in [0.05, 0.1) is 5.54 Å². The molecule has 2 heterocycles. The fourth-order valence-corrected chi connectivity index (χ4v) is 4.26. The number of fused-ring (bicyclic) bond motifs is 1. The highest BCUT2D eigenvalue weighted by Crippen LogP contribution is 2.25. The molecular weight excluding hydrogens is 398 g/mol. The molecule has 3 rings (SSSR count). The fraction of sp³-hybridized carbons (Fsp3) is 0.409. The molecule has 0 atom stereocenters. The van der Waals surface area contributed by atoms with Gasteiger partial charge < -0.3 is 20.1 Å². The van der Waals surface area contributed by atoms with Crippen LogP contribution in [-0.4, -0.2) is 39.5 Å². The van der Waals surface area contributed by atoms with Crippen LogP contribution in [0.15, 0.2) is 35.8 Å². The zero-order chi connectivity index (χ0) is 21.9. The Bertz CT molecular complexity index is 1050. The van der Waals surface area contributed by atoms with Gasteiger partial charge in [0.1, 0.15) is 11.6 Å². The maximum atomic E-state index is 12.5. The first-order valence-electron chi connectivity index (χ1n) is 10.1. The molecule has 0 aliphatic rings. The molecule has 8 heteroatoms. The average molecular weight is 428 g/mol. The third-order valence-corrected chi connectivity index (χ3v) is 6.31. The summed E-state index contributed by atoms with van der Waals surface area (Å²) >= 11 is 1.53. The Morgan fingerprint density at radius 3 is 2.57 bits per heavy atom. The van der Waals surface area contributed by atoms with E-state index in [1.54, 1.807) is 0 Å². The SMILES string of the molecule is CCN(CC)C(=O)Cn1ccc2cc(NC(=O)NC(C)(C)c3nc(C)cs3)ccc21. The molecule has 2 N–H and O–H groups in total. The van der Waals surface area contributed by atoms with Crippen LogP contribution in [0.1, 0.15) is 38.4 Å². The Balaban J connectivity index is 1.69. The van der Waals surface area contributed by atoms with Crippen LogP contribution in [0.5, 0.6) is 0 Å². The molecule has 0 fully saturated rings. The second-order valence-electron chi connectivity index (χ2n) is 7.78. The molecule has 3 aromatic rings. The van der Waals surface area contributed by atoms with Crippen LogP contribution in [0.25, 0.3) is 10.9 Å². The van der Waals surface area contributed by atoms with E-state index in [1.807, 2.05) is 79.9 Å². The molecule has 1 aromatic carbocycles. The van der Waals surface area contributed by atoms with Gasteiger partial charge in [0, 0.05) is 47.0 Å². The summed E-state index contributed by atoms with van der Waals surface area (Å²) in [5.41, 5.74) is 2.03. The lowest BCUT2D eigenvalue weighted by molar-refractivity contribution is -0.131. The van der Waals surface area contributed by atoms with E-state index in [9.17, 15) is 9.59 Å². The summed E-state index contributed by atoms with van der Waals surface area (Å²) in [4.78, 5) is 31.2. The van der Waals surface area contributed by atoms with Gasteiger partial charge in [0.25, 0.3) is 0 Å². The number of hydrogen-bond acceptors (Lipinski definition) is 4. The van der Waals surface area contributed by atoms with Gasteiger partial charge in [0.15, 0.2) is 0 Å². The minimum atomic E-state index is -0.568. The molecular formula is C22H29N5O2S. The van der Waals surface area contributed by atoms with Crippen molar-refractivity contribution < 1.29 is 9.59 Å². The van der Waals surface area contributed by atoms with E-state index in [0.29, 0.717) is 25.3 Å². The molecule has 2 aromatic heterocycles. The highest BCUT2D eigenvalue weighted by Gasteiger charge is 2.26. The van der Waals surface area contributed by atoms with Crippen LogP contribution in [0.4, 0.5) is 10.5 Å². The van der Waals surface area contributed by atoms with E-state index in [-0.39, 0.29) is 11.9 Å². The van der Waals surface area contributed by atoms with Crippen molar-refractivity contribution in [3.05, 3.63) is 46.5 Å². The third-order valence-electron chi connectivity index (χ3n) is 5.03. The van der Waals surface area contributed by atoms with Crippen molar-refractivity contribution in [1.29, 1.82) is 0 Å². The fourth-order valence-electron chi connectivity index (χ4n) is 3.38. The summed E-state index contributed by atoms with van der Waals surface area (Å²) in [6.45, 7) is 11.5. The van der Waals surface area contributed by atoms with Crippen LogP contribution in [0, 0.1) is 6.92 Å². The normalized spacial score (nSPS) is 11.5. The van der Waals surface area contributed by atoms with Gasteiger partial charge in [-0.25, -0.2) is 9.78 Å². The summed E-state index contributed by atoms with van der Waals surface area (Å²) in [5.74, 6) is 0.0960. The molecule has 7 nitrogen and oxygen atoms in total. The molecule has 0 aliphatic heterocycles. The number of anilines is 1. The van der Waals surface area contributed by atoms with E-state index in [2.05, 4.69) is 15.6 Å². The van der Waals surface area contributed by atoms with E-state index in [0.717, 1.165) is 21.6 Å². The number of aromatic nitrogens is 2. The molecule has 0 aliphatic carbocycles. The van der Waals surface area contributed by atoms with Crippen molar-refractivity contribution in [3.63, 3.8) is 0 Å². The number of thiazole rings is 1. The van der Waals surface area contributed by atoms with Crippen LogP contribution < -0.4 is 10.6 Å². The lowest BCUT2D eigenvalue weighted by atomic mass is 10.1. The van der Waals surface area contributed by atoms with Gasteiger partial charge in [-0.2, -0.15) is 0 Å². The number of rotatable bonds is 7. The van der Waals surface area contributed by atoms with Crippen molar-refractivity contribution >= 4 is 39.9 Å². The van der Waals surface area contributed by atoms with Gasteiger partial charge in [0.2, 0.25) is 5.91 Å². The predicted molar refractivity (Wildman–Crippen MR) is 122 cm³/mol. The maximum Gasteiger partial charge on any atom is 0.319 e. The van der Waals surface area contributed by atoms with Crippen LogP contribution >= 0.6 is 11.3 Å². The number of urea groups is 1. The van der Waals surface area contributed by atoms with E-state index < -0.39 is 5.54 Å². The monoisotopic (exact) mass is 427 g/mol. The highest BCUT2D eigenvalue weighted by atomic mass is 32.1. The van der Waals surface area contributed by atoms with Gasteiger partial charge in [-0.1, -0.05) is 0 Å². The van der Waals surface area contributed by atoms with E-state index in [4.69, 9.17) is 0 Å². The number of aryl methyl sites for hydroxylation is 1. The zero-order valence-electron chi connectivity index (χ0n) is 18.2. The Morgan fingerprint density at radius 1 is 1.20 bits per heavy atom. The summed E-state index contributed by atoms with van der Waals surface area (Å²) < 4.78 is 1.94. The lowest BCUT2D eigenvalue weighted by Crippen LogP contribution is -2.43. The van der Waals surface area contributed by atoms with Crippen molar-refractivity contribution in [3.8, 4) is 0 Å². The molecule has 3 amide bonds. The maximum absolute atomic E-state index is 12.5. The number of carbonyl (C=O) groups is 2. The summed E-state index contributed by atoms with van der Waals surface area (Å²) in [6.07, 6.45) is 1.91. The quantitative estimate of drug-likeness (QED) is 0.589. The van der Waals surface area contributed by atoms with Gasteiger partial charge in [-0.05, 0) is 58.9 Å². The number of hydrogen-bond donors (Lipinski definition) is 2. The lowest BCUT2D eigenvalue weighted by Gasteiger charge is -2.24. The minimum Gasteiger partial charge on any atom is -0.342 e. The Labute approximate surface area is 181 Å². The van der Waals surface area contributed by atoms with Crippen molar-refractivity contribution in [1.82, 2.24) is 19.8 Å². The summed E-state index contributed by atoms with van der Waals surface area (Å²) in [7, 11) is 0. The Morgan fingerprint density at radius 2 is 1.93 bits per heavy atom. The molecule has 160 valence electrons. The number of nitrogens with zero attached hydrogens (tertiary/aromatic N) is 3. The Kier molecular flexibility index (Phi) is 6.45. The molecule has 0 saturated heterocycles. The first kappa shape index (κ1) is 21.8. The second kappa shape index (κ2) is 8.87. The van der Waals surface area contributed by atoms with Crippen LogP contribution in [0.2, 0.25) is 0 Å². The average Bonchev–Trinajstić information content (AvgIpc) is 3.29. The first-order valence-corrected chi connectivity index (χ1v) is 11.0. The molecule has 0 spiro atoms. The van der Waals surface area contributed by atoms with Crippen LogP contribution in [0.3, 0.4) is 0 Å². The Hall–Kier alpha value is -2.87. The molecule has 0 radical (unpaired) electrons. The standard InChI is InChI=1S/C22H29N5O2S/c1-6-26(7-2)19(28)13-27-11-10-16-12-17(8-9-18(16)27)24-21(29)25-22(4,5)20-23-15(3)14-30-20/h8-12,14H,6-7,13H2,1-5H3,(H2,24,25,29). The summed E-state index contributed by atoms with van der Waals surface area (Å²) in [5, 5.41) is 9.68. The molecule has 0 bridgehead atoms. The summed E-state index contributed by atoms with van der Waals surface area (Å²) in [6, 6.07) is 7.35. The van der Waals surface area contributed by atoms with E-state index >= 15 is 0 Å². The third kappa shape index (κ3) is 4.81. The molecule has 0 unspecified atom stereocenters. The second-order valence-corrected chi connectivity index (χ2v) is 8.64.